The number of fused-ring (bicyclic) bond motifs is 1. The molecule has 1 aromatic carbocycles. The Morgan fingerprint density at radius 1 is 1.25 bits per heavy atom. The molecule has 2 heterocycles. The molecule has 3 rings (SSSR count). The van der Waals surface area contributed by atoms with Gasteiger partial charge >= 0.3 is 0 Å². The maximum Gasteiger partial charge on any atom is 0.142 e. The molecule has 1 aromatic rings. The summed E-state index contributed by atoms with van der Waals surface area (Å²) in [6, 6.07) is 8.23. The van der Waals surface area contributed by atoms with E-state index in [0.29, 0.717) is 5.41 Å². The maximum absolute atomic E-state index is 6.12. The molecule has 0 aliphatic carbocycles. The zero-order valence-electron chi connectivity index (χ0n) is 12.7. The van der Waals surface area contributed by atoms with Crippen LogP contribution in [0, 0.1) is 5.41 Å². The topological polar surface area (TPSA) is 24.5 Å². The van der Waals surface area contributed by atoms with E-state index < -0.39 is 0 Å². The first-order valence-electron chi connectivity index (χ1n) is 7.84. The van der Waals surface area contributed by atoms with Gasteiger partial charge < -0.3 is 10.1 Å². The van der Waals surface area contributed by atoms with Gasteiger partial charge in [-0.15, -0.1) is 0 Å². The number of ether oxygens (including phenoxy) is 1. The lowest BCUT2D eigenvalue weighted by Gasteiger charge is -2.31. The zero-order valence-corrected chi connectivity index (χ0v) is 12.7. The molecular weight excluding hydrogens is 248 g/mol. The van der Waals surface area contributed by atoms with Crippen LogP contribution in [-0.4, -0.2) is 37.2 Å². The number of rotatable bonds is 2. The number of para-hydroxylation sites is 2. The summed E-state index contributed by atoms with van der Waals surface area (Å²) in [7, 11) is 0. The van der Waals surface area contributed by atoms with E-state index in [4.69, 9.17) is 4.74 Å². The van der Waals surface area contributed by atoms with Gasteiger partial charge in [-0.1, -0.05) is 26.0 Å². The van der Waals surface area contributed by atoms with Crippen LogP contribution in [0.4, 0.5) is 5.69 Å². The summed E-state index contributed by atoms with van der Waals surface area (Å²) >= 11 is 0. The number of nitrogens with zero attached hydrogens (tertiary/aromatic N) is 1. The van der Waals surface area contributed by atoms with E-state index in [-0.39, 0.29) is 6.10 Å². The molecule has 1 unspecified atom stereocenters. The van der Waals surface area contributed by atoms with Crippen molar-refractivity contribution in [3.8, 4) is 5.75 Å². The fourth-order valence-corrected chi connectivity index (χ4v) is 3.21. The van der Waals surface area contributed by atoms with E-state index in [2.05, 4.69) is 36.2 Å². The van der Waals surface area contributed by atoms with Crippen molar-refractivity contribution in [1.82, 2.24) is 4.90 Å². The minimum atomic E-state index is 0.270. The second-order valence-electron chi connectivity index (χ2n) is 6.94. The highest BCUT2D eigenvalue weighted by Gasteiger charge is 2.26. The lowest BCUT2D eigenvalue weighted by Crippen LogP contribution is -2.42. The molecule has 2 aliphatic rings. The van der Waals surface area contributed by atoms with Gasteiger partial charge in [-0.05, 0) is 49.9 Å². The SMILES string of the molecule is CC1(C)CCCN(CC2CNc3ccccc3O2)CC1. The maximum atomic E-state index is 6.12. The Morgan fingerprint density at radius 2 is 2.10 bits per heavy atom. The Kier molecular flexibility index (Phi) is 3.88. The fraction of sp³-hybridized carbons (Fsp3) is 0.647. The van der Waals surface area contributed by atoms with Gasteiger partial charge in [0.2, 0.25) is 0 Å². The van der Waals surface area contributed by atoms with Crippen LogP contribution in [-0.2, 0) is 0 Å². The Bertz CT molecular complexity index is 458. The minimum absolute atomic E-state index is 0.270. The summed E-state index contributed by atoms with van der Waals surface area (Å²) in [4.78, 5) is 2.58. The molecule has 3 nitrogen and oxygen atoms in total. The molecule has 0 spiro atoms. The molecule has 1 N–H and O–H groups in total. The van der Waals surface area contributed by atoms with Crippen molar-refractivity contribution in [3.05, 3.63) is 24.3 Å². The highest BCUT2D eigenvalue weighted by Crippen LogP contribution is 2.31. The lowest BCUT2D eigenvalue weighted by atomic mass is 9.85. The number of benzene rings is 1. The quantitative estimate of drug-likeness (QED) is 0.895. The third-order valence-corrected chi connectivity index (χ3v) is 4.60. The van der Waals surface area contributed by atoms with Gasteiger partial charge in [0.1, 0.15) is 11.9 Å². The average molecular weight is 274 g/mol. The molecule has 0 bridgehead atoms. The molecule has 1 atom stereocenters. The van der Waals surface area contributed by atoms with Gasteiger partial charge in [-0.3, -0.25) is 4.90 Å². The summed E-state index contributed by atoms with van der Waals surface area (Å²) < 4.78 is 6.12. The minimum Gasteiger partial charge on any atom is -0.485 e. The van der Waals surface area contributed by atoms with E-state index in [9.17, 15) is 0 Å². The zero-order chi connectivity index (χ0) is 14.0. The van der Waals surface area contributed by atoms with E-state index in [0.717, 1.165) is 24.5 Å². The molecule has 1 fully saturated rings. The molecule has 0 aromatic heterocycles. The van der Waals surface area contributed by atoms with Gasteiger partial charge in [-0.2, -0.15) is 0 Å². The van der Waals surface area contributed by atoms with E-state index in [1.165, 1.54) is 32.4 Å². The third-order valence-electron chi connectivity index (χ3n) is 4.60. The van der Waals surface area contributed by atoms with Gasteiger partial charge in [0.25, 0.3) is 0 Å². The summed E-state index contributed by atoms with van der Waals surface area (Å²) in [6.07, 6.45) is 4.22. The summed E-state index contributed by atoms with van der Waals surface area (Å²) in [5, 5.41) is 3.48. The molecule has 0 amide bonds. The first-order valence-corrected chi connectivity index (χ1v) is 7.84. The smallest absolute Gasteiger partial charge is 0.142 e. The van der Waals surface area contributed by atoms with Crippen molar-refractivity contribution in [3.63, 3.8) is 0 Å². The molecule has 1 saturated heterocycles. The third kappa shape index (κ3) is 3.26. The first kappa shape index (κ1) is 13.7. The van der Waals surface area contributed by atoms with Crippen molar-refractivity contribution in [1.29, 1.82) is 0 Å². The molecule has 20 heavy (non-hydrogen) atoms. The van der Waals surface area contributed by atoms with Crippen LogP contribution in [0.25, 0.3) is 0 Å². The second kappa shape index (κ2) is 5.65. The monoisotopic (exact) mass is 274 g/mol. The van der Waals surface area contributed by atoms with Crippen molar-refractivity contribution >= 4 is 5.69 Å². The highest BCUT2D eigenvalue weighted by molar-refractivity contribution is 5.57. The summed E-state index contributed by atoms with van der Waals surface area (Å²) in [5.74, 6) is 0.999. The van der Waals surface area contributed by atoms with Crippen LogP contribution in [0.5, 0.6) is 5.75 Å². The highest BCUT2D eigenvalue weighted by atomic mass is 16.5. The molecule has 2 aliphatic heterocycles. The molecular formula is C17H26N2O. The largest absolute Gasteiger partial charge is 0.485 e. The van der Waals surface area contributed by atoms with Crippen LogP contribution in [0.15, 0.2) is 24.3 Å². The first-order chi connectivity index (χ1) is 9.62. The Balaban J connectivity index is 1.57. The van der Waals surface area contributed by atoms with Crippen molar-refractivity contribution in [2.45, 2.75) is 39.2 Å². The Hall–Kier alpha value is -1.22. The van der Waals surface area contributed by atoms with Crippen LogP contribution in [0.3, 0.4) is 0 Å². The number of likely N-dealkylation sites (tertiary alicyclic amines) is 1. The second-order valence-corrected chi connectivity index (χ2v) is 6.94. The van der Waals surface area contributed by atoms with Gasteiger partial charge in [0.15, 0.2) is 0 Å². The standard InChI is InChI=1S/C17H26N2O/c1-17(2)8-5-10-19(11-9-17)13-14-12-18-15-6-3-4-7-16(15)20-14/h3-4,6-7,14,18H,5,8-13H2,1-2H3. The van der Waals surface area contributed by atoms with Crippen molar-refractivity contribution in [2.24, 2.45) is 5.41 Å². The number of anilines is 1. The molecule has 110 valence electrons. The van der Waals surface area contributed by atoms with Crippen LogP contribution < -0.4 is 10.1 Å². The predicted octanol–water partition coefficient (Wildman–Crippen LogP) is 3.37. The van der Waals surface area contributed by atoms with E-state index in [1.54, 1.807) is 0 Å². The van der Waals surface area contributed by atoms with Crippen molar-refractivity contribution < 1.29 is 4.74 Å². The van der Waals surface area contributed by atoms with Gasteiger partial charge in [-0.25, -0.2) is 0 Å². The predicted molar refractivity (Wildman–Crippen MR) is 83.4 cm³/mol. The Labute approximate surface area is 122 Å². The van der Waals surface area contributed by atoms with E-state index in [1.807, 2.05) is 12.1 Å². The number of nitrogens with one attached hydrogen (secondary N) is 1. The molecule has 3 heteroatoms. The van der Waals surface area contributed by atoms with E-state index >= 15 is 0 Å². The van der Waals surface area contributed by atoms with Gasteiger partial charge in [0, 0.05) is 6.54 Å². The normalized spacial score (nSPS) is 26.0. The van der Waals surface area contributed by atoms with Crippen molar-refractivity contribution in [2.75, 3.05) is 31.5 Å². The van der Waals surface area contributed by atoms with Gasteiger partial charge in [0.05, 0.1) is 12.2 Å². The summed E-state index contributed by atoms with van der Waals surface area (Å²) in [5.41, 5.74) is 1.63. The molecule has 0 radical (unpaired) electrons. The average Bonchev–Trinajstić information content (AvgIpc) is 2.60. The number of hydrogen-bond donors (Lipinski definition) is 1. The van der Waals surface area contributed by atoms with Crippen LogP contribution in [0.1, 0.15) is 33.1 Å². The van der Waals surface area contributed by atoms with Crippen LogP contribution in [0.2, 0.25) is 0 Å². The fourth-order valence-electron chi connectivity index (χ4n) is 3.21. The summed E-state index contributed by atoms with van der Waals surface area (Å²) in [6.45, 7) is 9.16. The van der Waals surface area contributed by atoms with Crippen LogP contribution >= 0.6 is 0 Å². The molecule has 0 saturated carbocycles. The number of hydrogen-bond acceptors (Lipinski definition) is 3. The Morgan fingerprint density at radius 3 is 3.00 bits per heavy atom. The lowest BCUT2D eigenvalue weighted by molar-refractivity contribution is 0.135.